The molecule has 2 unspecified atom stereocenters. The van der Waals surface area contributed by atoms with Gasteiger partial charge in [-0.25, -0.2) is 0 Å². The molecule has 146 valence electrons. The predicted molar refractivity (Wildman–Crippen MR) is 108 cm³/mol. The second kappa shape index (κ2) is 9.77. The lowest BCUT2D eigenvalue weighted by Crippen LogP contribution is -2.44. The Kier molecular flexibility index (Phi) is 7.13. The van der Waals surface area contributed by atoms with Gasteiger partial charge in [-0.3, -0.25) is 0 Å². The SMILES string of the molecule is CCCN1CCC(O)C(Cc2cccc(OC)c2OCc2ccccc2)C1. The highest BCUT2D eigenvalue weighted by atomic mass is 16.5. The van der Waals surface area contributed by atoms with E-state index in [0.717, 1.165) is 61.5 Å². The number of likely N-dealkylation sites (tertiary alicyclic amines) is 1. The van der Waals surface area contributed by atoms with Gasteiger partial charge >= 0.3 is 0 Å². The van der Waals surface area contributed by atoms with Crippen molar-refractivity contribution in [3.8, 4) is 11.5 Å². The summed E-state index contributed by atoms with van der Waals surface area (Å²) in [4.78, 5) is 2.46. The van der Waals surface area contributed by atoms with E-state index in [4.69, 9.17) is 9.47 Å². The minimum atomic E-state index is -0.258. The van der Waals surface area contributed by atoms with Gasteiger partial charge in [0, 0.05) is 19.0 Å². The zero-order chi connectivity index (χ0) is 19.1. The van der Waals surface area contributed by atoms with Gasteiger partial charge in [-0.05, 0) is 43.0 Å². The van der Waals surface area contributed by atoms with Gasteiger partial charge in [-0.2, -0.15) is 0 Å². The molecule has 1 heterocycles. The van der Waals surface area contributed by atoms with Crippen LogP contribution in [0.5, 0.6) is 11.5 Å². The smallest absolute Gasteiger partial charge is 0.164 e. The minimum Gasteiger partial charge on any atom is -0.493 e. The minimum absolute atomic E-state index is 0.219. The molecule has 2 atom stereocenters. The first kappa shape index (κ1) is 19.7. The number of hydrogen-bond acceptors (Lipinski definition) is 4. The van der Waals surface area contributed by atoms with Crippen LogP contribution in [0.3, 0.4) is 0 Å². The van der Waals surface area contributed by atoms with Crippen LogP contribution < -0.4 is 9.47 Å². The number of benzene rings is 2. The first-order valence-electron chi connectivity index (χ1n) is 9.94. The Hall–Kier alpha value is -2.04. The van der Waals surface area contributed by atoms with Crippen molar-refractivity contribution in [3.05, 3.63) is 59.7 Å². The first-order valence-corrected chi connectivity index (χ1v) is 9.94. The number of aliphatic hydroxyl groups excluding tert-OH is 1. The van der Waals surface area contributed by atoms with Crippen molar-refractivity contribution in [3.63, 3.8) is 0 Å². The molecule has 0 aromatic heterocycles. The van der Waals surface area contributed by atoms with E-state index in [1.807, 2.05) is 30.3 Å². The molecule has 1 N–H and O–H groups in total. The van der Waals surface area contributed by atoms with Crippen LogP contribution in [0.4, 0.5) is 0 Å². The van der Waals surface area contributed by atoms with Gasteiger partial charge in [-0.15, -0.1) is 0 Å². The zero-order valence-electron chi connectivity index (χ0n) is 16.4. The average Bonchev–Trinajstić information content (AvgIpc) is 2.70. The Morgan fingerprint density at radius 1 is 1.11 bits per heavy atom. The molecule has 2 aromatic carbocycles. The molecule has 1 fully saturated rings. The summed E-state index contributed by atoms with van der Waals surface area (Å²) in [6.07, 6.45) is 2.52. The fourth-order valence-electron chi connectivity index (χ4n) is 3.87. The molecular weight excluding hydrogens is 338 g/mol. The maximum absolute atomic E-state index is 10.5. The van der Waals surface area contributed by atoms with Crippen molar-refractivity contribution >= 4 is 0 Å². The maximum Gasteiger partial charge on any atom is 0.164 e. The van der Waals surface area contributed by atoms with Gasteiger partial charge in [0.1, 0.15) is 6.61 Å². The average molecular weight is 370 g/mol. The Morgan fingerprint density at radius 3 is 2.67 bits per heavy atom. The molecule has 1 aliphatic heterocycles. The monoisotopic (exact) mass is 369 g/mol. The van der Waals surface area contributed by atoms with E-state index in [0.29, 0.717) is 6.61 Å². The van der Waals surface area contributed by atoms with Crippen molar-refractivity contribution in [2.75, 3.05) is 26.7 Å². The lowest BCUT2D eigenvalue weighted by Gasteiger charge is -2.36. The van der Waals surface area contributed by atoms with Crippen LogP contribution >= 0.6 is 0 Å². The van der Waals surface area contributed by atoms with E-state index < -0.39 is 0 Å². The van der Waals surface area contributed by atoms with Crippen molar-refractivity contribution in [2.24, 2.45) is 5.92 Å². The molecule has 0 amide bonds. The standard InChI is InChI=1S/C23H31NO3/c1-3-13-24-14-12-21(25)20(16-24)15-19-10-7-11-22(26-2)23(19)27-17-18-8-5-4-6-9-18/h4-11,20-21,25H,3,12-17H2,1-2H3. The highest BCUT2D eigenvalue weighted by molar-refractivity contribution is 5.47. The summed E-state index contributed by atoms with van der Waals surface area (Å²) >= 11 is 0. The molecule has 0 saturated carbocycles. The van der Waals surface area contributed by atoms with Crippen LogP contribution in [0.15, 0.2) is 48.5 Å². The summed E-state index contributed by atoms with van der Waals surface area (Å²) in [5, 5.41) is 10.5. The van der Waals surface area contributed by atoms with Crippen molar-refractivity contribution < 1.29 is 14.6 Å². The number of piperidine rings is 1. The Morgan fingerprint density at radius 2 is 1.93 bits per heavy atom. The third-order valence-electron chi connectivity index (χ3n) is 5.31. The van der Waals surface area contributed by atoms with E-state index in [1.165, 1.54) is 0 Å². The lowest BCUT2D eigenvalue weighted by molar-refractivity contribution is 0.0267. The summed E-state index contributed by atoms with van der Waals surface area (Å²) in [5.41, 5.74) is 2.23. The van der Waals surface area contributed by atoms with Crippen LogP contribution in [0.2, 0.25) is 0 Å². The van der Waals surface area contributed by atoms with Gasteiger partial charge in [0.05, 0.1) is 13.2 Å². The quantitative estimate of drug-likeness (QED) is 0.766. The highest BCUT2D eigenvalue weighted by Crippen LogP contribution is 2.35. The van der Waals surface area contributed by atoms with Crippen LogP contribution in [-0.4, -0.2) is 42.9 Å². The van der Waals surface area contributed by atoms with Gasteiger partial charge in [0.25, 0.3) is 0 Å². The fourth-order valence-corrected chi connectivity index (χ4v) is 3.87. The Balaban J connectivity index is 1.75. The zero-order valence-corrected chi connectivity index (χ0v) is 16.4. The third kappa shape index (κ3) is 5.24. The van der Waals surface area contributed by atoms with Crippen LogP contribution in [0, 0.1) is 5.92 Å². The van der Waals surface area contributed by atoms with Gasteiger partial charge in [-0.1, -0.05) is 49.4 Å². The number of aliphatic hydroxyl groups is 1. The molecule has 1 saturated heterocycles. The van der Waals surface area contributed by atoms with E-state index in [2.05, 4.69) is 30.0 Å². The molecule has 0 aliphatic carbocycles. The predicted octanol–water partition coefficient (Wildman–Crippen LogP) is 3.91. The lowest BCUT2D eigenvalue weighted by atomic mass is 9.88. The van der Waals surface area contributed by atoms with E-state index in [9.17, 15) is 5.11 Å². The van der Waals surface area contributed by atoms with Gasteiger partial charge < -0.3 is 19.5 Å². The number of nitrogens with zero attached hydrogens (tertiary/aromatic N) is 1. The van der Waals surface area contributed by atoms with Crippen LogP contribution in [0.25, 0.3) is 0 Å². The fraction of sp³-hybridized carbons (Fsp3) is 0.478. The van der Waals surface area contributed by atoms with Crippen molar-refractivity contribution in [1.82, 2.24) is 4.90 Å². The summed E-state index contributed by atoms with van der Waals surface area (Å²) in [6, 6.07) is 16.2. The maximum atomic E-state index is 10.5. The Bertz CT molecular complexity index is 704. The number of rotatable bonds is 8. The summed E-state index contributed by atoms with van der Waals surface area (Å²) in [6.45, 7) is 5.73. The second-order valence-corrected chi connectivity index (χ2v) is 7.34. The molecule has 4 nitrogen and oxygen atoms in total. The topological polar surface area (TPSA) is 41.9 Å². The summed E-state index contributed by atoms with van der Waals surface area (Å²) < 4.78 is 11.7. The number of para-hydroxylation sites is 1. The highest BCUT2D eigenvalue weighted by Gasteiger charge is 2.28. The van der Waals surface area contributed by atoms with Gasteiger partial charge in [0.2, 0.25) is 0 Å². The molecule has 0 radical (unpaired) electrons. The van der Waals surface area contributed by atoms with Crippen molar-refractivity contribution in [1.29, 1.82) is 0 Å². The van der Waals surface area contributed by atoms with Gasteiger partial charge in [0.15, 0.2) is 11.5 Å². The molecule has 27 heavy (non-hydrogen) atoms. The van der Waals surface area contributed by atoms with Crippen LogP contribution in [-0.2, 0) is 13.0 Å². The molecular formula is C23H31NO3. The number of ether oxygens (including phenoxy) is 2. The third-order valence-corrected chi connectivity index (χ3v) is 5.31. The second-order valence-electron chi connectivity index (χ2n) is 7.34. The van der Waals surface area contributed by atoms with Crippen LogP contribution in [0.1, 0.15) is 30.9 Å². The Labute approximate surface area is 162 Å². The molecule has 0 bridgehead atoms. The molecule has 1 aliphatic rings. The number of methoxy groups -OCH3 is 1. The molecule has 4 heteroatoms. The summed E-state index contributed by atoms with van der Waals surface area (Å²) in [7, 11) is 1.67. The van der Waals surface area contributed by atoms with E-state index >= 15 is 0 Å². The first-order chi connectivity index (χ1) is 13.2. The largest absolute Gasteiger partial charge is 0.493 e. The number of hydrogen-bond donors (Lipinski definition) is 1. The van der Waals surface area contributed by atoms with E-state index in [-0.39, 0.29) is 12.0 Å². The molecule has 0 spiro atoms. The normalized spacial score (nSPS) is 20.4. The summed E-state index contributed by atoms with van der Waals surface area (Å²) in [5.74, 6) is 1.76. The van der Waals surface area contributed by atoms with E-state index in [1.54, 1.807) is 7.11 Å². The van der Waals surface area contributed by atoms with Crippen molar-refractivity contribution in [2.45, 2.75) is 38.9 Å². The molecule has 3 rings (SSSR count). The molecule has 2 aromatic rings.